The molecule has 30 heavy (non-hydrogen) atoms. The van der Waals surface area contributed by atoms with Crippen LogP contribution in [0.2, 0.25) is 0 Å². The van der Waals surface area contributed by atoms with Gasteiger partial charge in [0, 0.05) is 34.9 Å². The average Bonchev–Trinajstić information content (AvgIpc) is 3.33. The van der Waals surface area contributed by atoms with Crippen LogP contribution in [0.1, 0.15) is 36.7 Å². The Kier molecular flexibility index (Phi) is 5.60. The Morgan fingerprint density at radius 2 is 1.77 bits per heavy atom. The molecule has 1 atom stereocenters. The van der Waals surface area contributed by atoms with Gasteiger partial charge >= 0.3 is 0 Å². The molecule has 1 aromatic heterocycles. The first kappa shape index (κ1) is 20.5. The summed E-state index contributed by atoms with van der Waals surface area (Å²) in [7, 11) is 0. The number of nitrogens with one attached hydrogen (secondary N) is 1. The molecule has 0 aliphatic carbocycles. The highest BCUT2D eigenvalue weighted by atomic mass is 32.2. The summed E-state index contributed by atoms with van der Waals surface area (Å²) in [5, 5.41) is 3.94. The number of aromatic nitrogens is 1. The molecule has 0 bridgehead atoms. The highest BCUT2D eigenvalue weighted by molar-refractivity contribution is 7.99. The van der Waals surface area contributed by atoms with Crippen LogP contribution in [0, 0.1) is 0 Å². The summed E-state index contributed by atoms with van der Waals surface area (Å²) in [6.07, 6.45) is 1.93. The topological polar surface area (TPSA) is 54.3 Å². The van der Waals surface area contributed by atoms with Gasteiger partial charge in [-0.2, -0.15) is 0 Å². The molecule has 0 saturated carbocycles. The molecular formula is C24H27N3O2S. The first-order chi connectivity index (χ1) is 14.3. The first-order valence-corrected chi connectivity index (χ1v) is 11.3. The number of para-hydroxylation sites is 1. The van der Waals surface area contributed by atoms with Crippen molar-refractivity contribution in [1.82, 2.24) is 14.8 Å². The SMILES string of the molecule is CC(C)(C)NC(=O)C1CSCN1C(=O)c1cn(Cc2ccccc2)c2ccccc12. The van der Waals surface area contributed by atoms with Crippen molar-refractivity contribution in [3.8, 4) is 0 Å². The molecule has 1 N–H and O–H groups in total. The summed E-state index contributed by atoms with van der Waals surface area (Å²) in [4.78, 5) is 28.0. The Labute approximate surface area is 181 Å². The lowest BCUT2D eigenvalue weighted by molar-refractivity contribution is -0.125. The van der Waals surface area contributed by atoms with E-state index in [1.807, 2.05) is 69.4 Å². The minimum absolute atomic E-state index is 0.0860. The summed E-state index contributed by atoms with van der Waals surface area (Å²) in [6.45, 7) is 6.56. The van der Waals surface area contributed by atoms with Crippen molar-refractivity contribution in [2.75, 3.05) is 11.6 Å². The predicted octanol–water partition coefficient (Wildman–Crippen LogP) is 4.12. The average molecular weight is 422 g/mol. The third kappa shape index (κ3) is 4.24. The molecule has 2 amide bonds. The van der Waals surface area contributed by atoms with Gasteiger partial charge < -0.3 is 14.8 Å². The summed E-state index contributed by atoms with van der Waals surface area (Å²) in [5.41, 5.74) is 2.52. The quantitative estimate of drug-likeness (QED) is 0.689. The second-order valence-corrected chi connectivity index (χ2v) is 9.70. The van der Waals surface area contributed by atoms with Gasteiger partial charge in [0.05, 0.1) is 11.4 Å². The number of amides is 2. The highest BCUT2D eigenvalue weighted by Gasteiger charge is 2.37. The Bertz CT molecular complexity index is 1070. The van der Waals surface area contributed by atoms with Crippen LogP contribution in [0.25, 0.3) is 10.9 Å². The van der Waals surface area contributed by atoms with E-state index in [0.29, 0.717) is 23.7 Å². The minimum Gasteiger partial charge on any atom is -0.350 e. The van der Waals surface area contributed by atoms with E-state index in [4.69, 9.17) is 0 Å². The molecule has 3 aromatic rings. The number of hydrogen-bond acceptors (Lipinski definition) is 3. The zero-order valence-electron chi connectivity index (χ0n) is 17.6. The van der Waals surface area contributed by atoms with E-state index in [1.54, 1.807) is 16.7 Å². The molecule has 1 unspecified atom stereocenters. The van der Waals surface area contributed by atoms with Crippen molar-refractivity contribution in [2.24, 2.45) is 0 Å². The number of nitrogens with zero attached hydrogens (tertiary/aromatic N) is 2. The second kappa shape index (κ2) is 8.19. The number of hydrogen-bond donors (Lipinski definition) is 1. The predicted molar refractivity (Wildman–Crippen MR) is 123 cm³/mol. The fraction of sp³-hybridized carbons (Fsp3) is 0.333. The molecular weight excluding hydrogens is 394 g/mol. The smallest absolute Gasteiger partial charge is 0.257 e. The summed E-state index contributed by atoms with van der Waals surface area (Å²) < 4.78 is 2.12. The van der Waals surface area contributed by atoms with E-state index in [2.05, 4.69) is 22.0 Å². The Morgan fingerprint density at radius 1 is 1.07 bits per heavy atom. The van der Waals surface area contributed by atoms with Crippen LogP contribution >= 0.6 is 11.8 Å². The standard InChI is InChI=1S/C24H27N3O2S/c1-24(2,3)25-22(28)21-15-30-16-27(21)23(29)19-14-26(13-17-9-5-4-6-10-17)20-12-8-7-11-18(19)20/h4-12,14,21H,13,15-16H2,1-3H3,(H,25,28). The molecule has 4 rings (SSSR count). The normalized spacial score (nSPS) is 16.8. The maximum atomic E-state index is 13.5. The summed E-state index contributed by atoms with van der Waals surface area (Å²) >= 11 is 1.62. The number of rotatable bonds is 4. The third-order valence-corrected chi connectivity index (χ3v) is 6.17. The van der Waals surface area contributed by atoms with Gasteiger partial charge in [-0.3, -0.25) is 9.59 Å². The van der Waals surface area contributed by atoms with Gasteiger partial charge in [-0.15, -0.1) is 11.8 Å². The zero-order valence-corrected chi connectivity index (χ0v) is 18.4. The molecule has 0 radical (unpaired) electrons. The zero-order chi connectivity index (χ0) is 21.3. The number of carbonyl (C=O) groups is 2. The van der Waals surface area contributed by atoms with Crippen molar-refractivity contribution in [1.29, 1.82) is 0 Å². The molecule has 1 fully saturated rings. The Balaban J connectivity index is 1.65. The monoisotopic (exact) mass is 421 g/mol. The highest BCUT2D eigenvalue weighted by Crippen LogP contribution is 2.28. The number of carbonyl (C=O) groups excluding carboxylic acids is 2. The van der Waals surface area contributed by atoms with Crippen LogP contribution < -0.4 is 5.32 Å². The van der Waals surface area contributed by atoms with Crippen LogP contribution in [0.3, 0.4) is 0 Å². The fourth-order valence-electron chi connectivity index (χ4n) is 3.80. The third-order valence-electron chi connectivity index (χ3n) is 5.16. The Hall–Kier alpha value is -2.73. The van der Waals surface area contributed by atoms with Crippen molar-refractivity contribution >= 4 is 34.5 Å². The lowest BCUT2D eigenvalue weighted by Crippen LogP contribution is -2.52. The molecule has 0 spiro atoms. The fourth-order valence-corrected chi connectivity index (χ4v) is 4.95. The van der Waals surface area contributed by atoms with Crippen molar-refractivity contribution in [3.05, 3.63) is 71.9 Å². The van der Waals surface area contributed by atoms with Gasteiger partial charge in [0.25, 0.3) is 5.91 Å². The van der Waals surface area contributed by atoms with E-state index in [-0.39, 0.29) is 17.4 Å². The molecule has 2 heterocycles. The van der Waals surface area contributed by atoms with Crippen LogP contribution in [-0.4, -0.2) is 44.5 Å². The Morgan fingerprint density at radius 3 is 2.50 bits per heavy atom. The number of fused-ring (bicyclic) bond motifs is 1. The van der Waals surface area contributed by atoms with Crippen molar-refractivity contribution in [2.45, 2.75) is 38.9 Å². The minimum atomic E-state index is -0.446. The largest absolute Gasteiger partial charge is 0.350 e. The molecule has 1 aliphatic rings. The van der Waals surface area contributed by atoms with E-state index >= 15 is 0 Å². The van der Waals surface area contributed by atoms with Gasteiger partial charge in [-0.05, 0) is 32.4 Å². The lowest BCUT2D eigenvalue weighted by Gasteiger charge is -2.27. The number of benzene rings is 2. The molecule has 156 valence electrons. The number of thioether (sulfide) groups is 1. The molecule has 1 saturated heterocycles. The van der Waals surface area contributed by atoms with Crippen molar-refractivity contribution < 1.29 is 9.59 Å². The molecule has 1 aliphatic heterocycles. The molecule has 6 heteroatoms. The maximum absolute atomic E-state index is 13.5. The van der Waals surface area contributed by atoms with E-state index in [1.165, 1.54) is 5.56 Å². The first-order valence-electron chi connectivity index (χ1n) is 10.2. The maximum Gasteiger partial charge on any atom is 0.257 e. The summed E-state index contributed by atoms with van der Waals surface area (Å²) in [5.74, 6) is 0.973. The van der Waals surface area contributed by atoms with E-state index in [0.717, 1.165) is 10.9 Å². The van der Waals surface area contributed by atoms with Crippen LogP contribution in [-0.2, 0) is 11.3 Å². The van der Waals surface area contributed by atoms with Crippen LogP contribution in [0.4, 0.5) is 0 Å². The van der Waals surface area contributed by atoms with Gasteiger partial charge in [0.2, 0.25) is 5.91 Å². The van der Waals surface area contributed by atoms with Crippen molar-refractivity contribution in [3.63, 3.8) is 0 Å². The molecule has 2 aromatic carbocycles. The molecule has 5 nitrogen and oxygen atoms in total. The van der Waals surface area contributed by atoms with Crippen LogP contribution in [0.5, 0.6) is 0 Å². The van der Waals surface area contributed by atoms with Gasteiger partial charge in [-0.1, -0.05) is 48.5 Å². The summed E-state index contributed by atoms with van der Waals surface area (Å²) in [6, 6.07) is 17.7. The van der Waals surface area contributed by atoms with E-state index in [9.17, 15) is 9.59 Å². The van der Waals surface area contributed by atoms with Gasteiger partial charge in [-0.25, -0.2) is 0 Å². The van der Waals surface area contributed by atoms with Gasteiger partial charge in [0.1, 0.15) is 6.04 Å². The second-order valence-electron chi connectivity index (χ2n) is 8.70. The lowest BCUT2D eigenvalue weighted by atomic mass is 10.1. The van der Waals surface area contributed by atoms with Gasteiger partial charge in [0.15, 0.2) is 0 Å². The van der Waals surface area contributed by atoms with E-state index < -0.39 is 6.04 Å². The van der Waals surface area contributed by atoms with Crippen LogP contribution in [0.15, 0.2) is 60.8 Å².